The smallest absolute Gasteiger partial charge is 0.00473 e. The van der Waals surface area contributed by atoms with Crippen LogP contribution in [0.5, 0.6) is 0 Å². The van der Waals surface area contributed by atoms with Crippen LogP contribution in [0.15, 0.2) is 24.3 Å². The van der Waals surface area contributed by atoms with Crippen LogP contribution in [0.2, 0.25) is 0 Å². The molecule has 1 aliphatic rings. The predicted molar refractivity (Wildman–Crippen MR) is 50.5 cm³/mol. The molecule has 0 aromatic heterocycles. The van der Waals surface area contributed by atoms with Gasteiger partial charge < -0.3 is 0 Å². The van der Waals surface area contributed by atoms with Gasteiger partial charge in [-0.2, -0.15) is 0 Å². The van der Waals surface area contributed by atoms with Gasteiger partial charge in [0.05, 0.1) is 0 Å². The lowest BCUT2D eigenvalue weighted by Crippen LogP contribution is -1.92. The molecule has 0 aromatic carbocycles. The summed E-state index contributed by atoms with van der Waals surface area (Å²) in [5.74, 6) is 1.61. The first kappa shape index (κ1) is 8.58. The van der Waals surface area contributed by atoms with Crippen molar-refractivity contribution in [3.05, 3.63) is 24.3 Å². The van der Waals surface area contributed by atoms with Gasteiger partial charge >= 0.3 is 0 Å². The van der Waals surface area contributed by atoms with Crippen molar-refractivity contribution in [2.24, 2.45) is 11.8 Å². The van der Waals surface area contributed by atoms with Crippen LogP contribution < -0.4 is 0 Å². The molecule has 0 heteroatoms. The highest BCUT2D eigenvalue weighted by molar-refractivity contribution is 5.17. The molecule has 1 rings (SSSR count). The van der Waals surface area contributed by atoms with Crippen LogP contribution in [0.3, 0.4) is 0 Å². The first-order valence-corrected chi connectivity index (χ1v) is 4.64. The maximum atomic E-state index is 2.29. The maximum Gasteiger partial charge on any atom is -0.00473 e. The Morgan fingerprint density at radius 2 is 1.82 bits per heavy atom. The Morgan fingerprint density at radius 1 is 1.18 bits per heavy atom. The fraction of sp³-hybridized carbons (Fsp3) is 0.636. The second kappa shape index (κ2) is 4.38. The Morgan fingerprint density at radius 3 is 2.36 bits per heavy atom. The van der Waals surface area contributed by atoms with E-state index in [-0.39, 0.29) is 0 Å². The number of hydrogen-bond donors (Lipinski definition) is 0. The van der Waals surface area contributed by atoms with Gasteiger partial charge in [0.25, 0.3) is 0 Å². The van der Waals surface area contributed by atoms with E-state index in [1.54, 1.807) is 0 Å². The zero-order valence-electron chi connectivity index (χ0n) is 7.59. The van der Waals surface area contributed by atoms with Crippen LogP contribution in [-0.4, -0.2) is 0 Å². The topological polar surface area (TPSA) is 0 Å². The maximum absolute atomic E-state index is 2.29. The van der Waals surface area contributed by atoms with E-state index in [1.165, 1.54) is 19.3 Å². The van der Waals surface area contributed by atoms with E-state index >= 15 is 0 Å². The van der Waals surface area contributed by atoms with Crippen molar-refractivity contribution in [3.8, 4) is 0 Å². The molecule has 0 saturated carbocycles. The average molecular weight is 150 g/mol. The van der Waals surface area contributed by atoms with E-state index < -0.39 is 0 Å². The first-order chi connectivity index (χ1) is 5.29. The monoisotopic (exact) mass is 150 g/mol. The van der Waals surface area contributed by atoms with Crippen molar-refractivity contribution < 1.29 is 0 Å². The molecule has 11 heavy (non-hydrogen) atoms. The zero-order valence-corrected chi connectivity index (χ0v) is 7.59. The summed E-state index contributed by atoms with van der Waals surface area (Å²) < 4.78 is 0. The summed E-state index contributed by atoms with van der Waals surface area (Å²) in [6.45, 7) is 4.58. The van der Waals surface area contributed by atoms with Gasteiger partial charge in [-0.05, 0) is 18.3 Å². The van der Waals surface area contributed by atoms with Crippen LogP contribution in [0.4, 0.5) is 0 Å². The van der Waals surface area contributed by atoms with Gasteiger partial charge in [-0.15, -0.1) is 0 Å². The minimum Gasteiger partial charge on any atom is -0.0776 e. The molecule has 0 bridgehead atoms. The normalized spacial score (nSPS) is 17.0. The quantitative estimate of drug-likeness (QED) is 0.575. The van der Waals surface area contributed by atoms with E-state index in [1.807, 2.05) is 0 Å². The molecule has 0 nitrogen and oxygen atoms in total. The van der Waals surface area contributed by atoms with Gasteiger partial charge in [0.2, 0.25) is 0 Å². The van der Waals surface area contributed by atoms with E-state index in [0.717, 1.165) is 11.8 Å². The van der Waals surface area contributed by atoms with E-state index in [4.69, 9.17) is 0 Å². The Bertz CT molecular complexity index is 139. The van der Waals surface area contributed by atoms with Crippen LogP contribution >= 0.6 is 0 Å². The van der Waals surface area contributed by atoms with E-state index in [2.05, 4.69) is 38.2 Å². The second-order valence-corrected chi connectivity index (χ2v) is 3.76. The van der Waals surface area contributed by atoms with Crippen LogP contribution in [0.1, 0.15) is 33.1 Å². The molecule has 0 heterocycles. The molecular formula is C11H18. The molecule has 0 N–H and O–H groups in total. The summed E-state index contributed by atoms with van der Waals surface area (Å²) in [6, 6.07) is 0. The highest BCUT2D eigenvalue weighted by Crippen LogP contribution is 2.17. The lowest BCUT2D eigenvalue weighted by molar-refractivity contribution is 0.518. The third kappa shape index (κ3) is 3.41. The fourth-order valence-electron chi connectivity index (χ4n) is 1.43. The summed E-state index contributed by atoms with van der Waals surface area (Å²) in [5, 5.41) is 0. The van der Waals surface area contributed by atoms with E-state index in [0.29, 0.717) is 0 Å². The Hall–Kier alpha value is -0.520. The fourth-order valence-corrected chi connectivity index (χ4v) is 1.43. The van der Waals surface area contributed by atoms with Crippen LogP contribution in [-0.2, 0) is 0 Å². The molecular weight excluding hydrogens is 132 g/mol. The van der Waals surface area contributed by atoms with Crippen molar-refractivity contribution in [1.82, 2.24) is 0 Å². The van der Waals surface area contributed by atoms with Crippen molar-refractivity contribution in [2.45, 2.75) is 33.1 Å². The van der Waals surface area contributed by atoms with Gasteiger partial charge in [-0.1, -0.05) is 51.0 Å². The molecule has 0 aliphatic heterocycles. The van der Waals surface area contributed by atoms with Crippen LogP contribution in [0.25, 0.3) is 0 Å². The second-order valence-electron chi connectivity index (χ2n) is 3.76. The van der Waals surface area contributed by atoms with Gasteiger partial charge in [0.1, 0.15) is 0 Å². The van der Waals surface area contributed by atoms with Gasteiger partial charge in [0.15, 0.2) is 0 Å². The van der Waals surface area contributed by atoms with Crippen molar-refractivity contribution in [1.29, 1.82) is 0 Å². The summed E-state index contributed by atoms with van der Waals surface area (Å²) in [4.78, 5) is 0. The lowest BCUT2D eigenvalue weighted by atomic mass is 10.00. The minimum absolute atomic E-state index is 0.744. The Balaban J connectivity index is 2.03. The number of allylic oxidation sites excluding steroid dienone is 4. The standard InChI is InChI=1S/C11H18/c1-10(2)6-5-9-11-7-3-4-8-11/h3-4,7-8,10-11H,5-6,9H2,1-2H3. The molecule has 0 radical (unpaired) electrons. The molecule has 0 amide bonds. The van der Waals surface area contributed by atoms with Gasteiger partial charge in [-0.3, -0.25) is 0 Å². The lowest BCUT2D eigenvalue weighted by Gasteiger charge is -2.06. The van der Waals surface area contributed by atoms with Crippen molar-refractivity contribution in [2.75, 3.05) is 0 Å². The first-order valence-electron chi connectivity index (χ1n) is 4.64. The Kier molecular flexibility index (Phi) is 3.41. The minimum atomic E-state index is 0.744. The molecule has 0 aromatic rings. The summed E-state index contributed by atoms with van der Waals surface area (Å²) in [7, 11) is 0. The van der Waals surface area contributed by atoms with Crippen molar-refractivity contribution >= 4 is 0 Å². The summed E-state index contributed by atoms with van der Waals surface area (Å²) in [5.41, 5.74) is 0. The molecule has 0 fully saturated rings. The summed E-state index contributed by atoms with van der Waals surface area (Å²) in [6.07, 6.45) is 13.0. The molecule has 0 saturated heterocycles. The van der Waals surface area contributed by atoms with Gasteiger partial charge in [0, 0.05) is 0 Å². The molecule has 0 unspecified atom stereocenters. The van der Waals surface area contributed by atoms with Crippen molar-refractivity contribution in [3.63, 3.8) is 0 Å². The molecule has 0 atom stereocenters. The SMILES string of the molecule is CC(C)CCCC1C=CC=C1. The van der Waals surface area contributed by atoms with E-state index in [9.17, 15) is 0 Å². The van der Waals surface area contributed by atoms with Gasteiger partial charge in [-0.25, -0.2) is 0 Å². The zero-order chi connectivity index (χ0) is 8.10. The van der Waals surface area contributed by atoms with Crippen LogP contribution in [0, 0.1) is 11.8 Å². The summed E-state index contributed by atoms with van der Waals surface area (Å²) >= 11 is 0. The largest absolute Gasteiger partial charge is 0.0776 e. The number of rotatable bonds is 4. The molecule has 1 aliphatic carbocycles. The highest BCUT2D eigenvalue weighted by Gasteiger charge is 2.03. The Labute approximate surface area is 70.0 Å². The predicted octanol–water partition coefficient (Wildman–Crippen LogP) is 3.55. The highest BCUT2D eigenvalue weighted by atomic mass is 14.1. The number of hydrogen-bond acceptors (Lipinski definition) is 0. The molecule has 62 valence electrons. The molecule has 0 spiro atoms. The third-order valence-corrected chi connectivity index (χ3v) is 2.15. The average Bonchev–Trinajstić information content (AvgIpc) is 2.39. The third-order valence-electron chi connectivity index (χ3n) is 2.15.